The number of nitrogens with one attached hydrogen (secondary N) is 1. The monoisotopic (exact) mass is 265 g/mol. The molecule has 3 N–H and O–H groups in total. The highest BCUT2D eigenvalue weighted by Gasteiger charge is 2.17. The SMILES string of the molecule is Cc1cncc(C(CN)CNC(=O)OC(C)(C)C)c1. The highest BCUT2D eigenvalue weighted by Crippen LogP contribution is 2.14. The first kappa shape index (κ1) is 15.4. The highest BCUT2D eigenvalue weighted by atomic mass is 16.6. The van der Waals surface area contributed by atoms with Gasteiger partial charge in [-0.25, -0.2) is 4.79 Å². The lowest BCUT2D eigenvalue weighted by atomic mass is 10.00. The fourth-order valence-corrected chi connectivity index (χ4v) is 1.66. The number of ether oxygens (including phenoxy) is 1. The van der Waals surface area contributed by atoms with Gasteiger partial charge in [-0.15, -0.1) is 0 Å². The van der Waals surface area contributed by atoms with Crippen LogP contribution in [0.15, 0.2) is 18.5 Å². The molecule has 0 spiro atoms. The summed E-state index contributed by atoms with van der Waals surface area (Å²) in [4.78, 5) is 15.7. The van der Waals surface area contributed by atoms with Crippen LogP contribution in [0.4, 0.5) is 4.79 Å². The molecule has 1 unspecified atom stereocenters. The van der Waals surface area contributed by atoms with Crippen molar-refractivity contribution in [1.29, 1.82) is 0 Å². The number of alkyl carbamates (subject to hydrolysis) is 1. The van der Waals surface area contributed by atoms with Crippen molar-refractivity contribution < 1.29 is 9.53 Å². The van der Waals surface area contributed by atoms with E-state index in [1.807, 2.05) is 33.8 Å². The van der Waals surface area contributed by atoms with E-state index in [0.29, 0.717) is 13.1 Å². The second kappa shape index (κ2) is 6.52. The van der Waals surface area contributed by atoms with Gasteiger partial charge in [-0.1, -0.05) is 6.07 Å². The van der Waals surface area contributed by atoms with Gasteiger partial charge in [0, 0.05) is 31.4 Å². The Morgan fingerprint density at radius 3 is 2.68 bits per heavy atom. The molecule has 5 nitrogen and oxygen atoms in total. The molecule has 1 heterocycles. The third-order valence-corrected chi connectivity index (χ3v) is 2.54. The zero-order chi connectivity index (χ0) is 14.5. The van der Waals surface area contributed by atoms with Crippen LogP contribution < -0.4 is 11.1 Å². The predicted octanol–water partition coefficient (Wildman–Crippen LogP) is 1.96. The number of carbonyl (C=O) groups is 1. The molecule has 0 saturated carbocycles. The first-order valence-electron chi connectivity index (χ1n) is 6.40. The van der Waals surface area contributed by atoms with E-state index in [2.05, 4.69) is 10.3 Å². The number of carbonyl (C=O) groups excluding carboxylic acids is 1. The number of amides is 1. The fourth-order valence-electron chi connectivity index (χ4n) is 1.66. The van der Waals surface area contributed by atoms with Gasteiger partial charge in [0.05, 0.1) is 0 Å². The molecule has 106 valence electrons. The van der Waals surface area contributed by atoms with Gasteiger partial charge >= 0.3 is 6.09 Å². The van der Waals surface area contributed by atoms with Crippen LogP contribution in [0.5, 0.6) is 0 Å². The van der Waals surface area contributed by atoms with Crippen molar-refractivity contribution in [3.05, 3.63) is 29.6 Å². The Kier molecular flexibility index (Phi) is 5.30. The molecule has 19 heavy (non-hydrogen) atoms. The molecule has 1 amide bonds. The maximum absolute atomic E-state index is 11.6. The second-order valence-corrected chi connectivity index (χ2v) is 5.61. The summed E-state index contributed by atoms with van der Waals surface area (Å²) in [6.07, 6.45) is 3.14. The van der Waals surface area contributed by atoms with Gasteiger partial charge in [0.1, 0.15) is 5.60 Å². The van der Waals surface area contributed by atoms with E-state index in [1.165, 1.54) is 0 Å². The standard InChI is InChI=1S/C14H23N3O2/c1-10-5-11(8-16-7-10)12(6-15)9-17-13(18)19-14(2,3)4/h5,7-8,12H,6,9,15H2,1-4H3,(H,17,18). The summed E-state index contributed by atoms with van der Waals surface area (Å²) in [7, 11) is 0. The molecular weight excluding hydrogens is 242 g/mol. The minimum atomic E-state index is -0.493. The Balaban J connectivity index is 2.56. The van der Waals surface area contributed by atoms with Crippen molar-refractivity contribution in [2.45, 2.75) is 39.2 Å². The number of rotatable bonds is 4. The lowest BCUT2D eigenvalue weighted by Gasteiger charge is -2.21. The third kappa shape index (κ3) is 5.70. The molecule has 0 fully saturated rings. The largest absolute Gasteiger partial charge is 0.444 e. The topological polar surface area (TPSA) is 77.2 Å². The lowest BCUT2D eigenvalue weighted by Crippen LogP contribution is -2.36. The van der Waals surface area contributed by atoms with Crippen LogP contribution in [0.1, 0.15) is 37.8 Å². The molecule has 0 saturated heterocycles. The van der Waals surface area contributed by atoms with Crippen LogP contribution in [0.3, 0.4) is 0 Å². The number of aryl methyl sites for hydroxylation is 1. The first-order valence-corrected chi connectivity index (χ1v) is 6.40. The quantitative estimate of drug-likeness (QED) is 0.872. The summed E-state index contributed by atoms with van der Waals surface area (Å²) in [5, 5.41) is 2.74. The molecule has 0 aliphatic carbocycles. The van der Waals surface area contributed by atoms with Crippen molar-refractivity contribution in [2.75, 3.05) is 13.1 Å². The van der Waals surface area contributed by atoms with Crippen molar-refractivity contribution in [3.63, 3.8) is 0 Å². The number of pyridine rings is 1. The van der Waals surface area contributed by atoms with Gasteiger partial charge in [-0.3, -0.25) is 4.98 Å². The first-order chi connectivity index (χ1) is 8.81. The molecule has 0 aliphatic rings. The highest BCUT2D eigenvalue weighted by molar-refractivity contribution is 5.67. The van der Waals surface area contributed by atoms with Gasteiger partial charge in [0.2, 0.25) is 0 Å². The third-order valence-electron chi connectivity index (χ3n) is 2.54. The summed E-state index contributed by atoms with van der Waals surface area (Å²) in [6, 6.07) is 2.03. The lowest BCUT2D eigenvalue weighted by molar-refractivity contribution is 0.0525. The van der Waals surface area contributed by atoms with E-state index in [4.69, 9.17) is 10.5 Å². The van der Waals surface area contributed by atoms with E-state index in [9.17, 15) is 4.79 Å². The Morgan fingerprint density at radius 2 is 2.16 bits per heavy atom. The average molecular weight is 265 g/mol. The fraction of sp³-hybridized carbons (Fsp3) is 0.571. The smallest absolute Gasteiger partial charge is 0.407 e. The minimum Gasteiger partial charge on any atom is -0.444 e. The van der Waals surface area contributed by atoms with Gasteiger partial charge < -0.3 is 15.8 Å². The predicted molar refractivity (Wildman–Crippen MR) is 75.0 cm³/mol. The molecule has 0 bridgehead atoms. The number of nitrogens with two attached hydrogens (primary N) is 1. The number of aromatic nitrogens is 1. The summed E-state index contributed by atoms with van der Waals surface area (Å²) in [5.74, 6) is 0.0416. The van der Waals surface area contributed by atoms with E-state index in [0.717, 1.165) is 11.1 Å². The van der Waals surface area contributed by atoms with Gasteiger partial charge in [-0.05, 0) is 38.8 Å². The second-order valence-electron chi connectivity index (χ2n) is 5.61. The minimum absolute atomic E-state index is 0.0416. The average Bonchev–Trinajstić information content (AvgIpc) is 2.27. The van der Waals surface area contributed by atoms with Crippen LogP contribution in [0.2, 0.25) is 0 Å². The molecule has 0 aliphatic heterocycles. The molecule has 0 aromatic carbocycles. The van der Waals surface area contributed by atoms with Crippen LogP contribution in [-0.4, -0.2) is 29.8 Å². The molecule has 5 heteroatoms. The Labute approximate surface area is 114 Å². The summed E-state index contributed by atoms with van der Waals surface area (Å²) in [5.41, 5.74) is 7.36. The van der Waals surface area contributed by atoms with Crippen LogP contribution >= 0.6 is 0 Å². The zero-order valence-corrected chi connectivity index (χ0v) is 12.1. The van der Waals surface area contributed by atoms with Crippen molar-refractivity contribution in [1.82, 2.24) is 10.3 Å². The van der Waals surface area contributed by atoms with Crippen molar-refractivity contribution >= 4 is 6.09 Å². The van der Waals surface area contributed by atoms with E-state index in [1.54, 1.807) is 12.4 Å². The maximum atomic E-state index is 11.6. The zero-order valence-electron chi connectivity index (χ0n) is 12.1. The van der Waals surface area contributed by atoms with Crippen molar-refractivity contribution in [2.24, 2.45) is 5.73 Å². The van der Waals surface area contributed by atoms with Crippen LogP contribution in [0.25, 0.3) is 0 Å². The van der Waals surface area contributed by atoms with Crippen molar-refractivity contribution in [3.8, 4) is 0 Å². The number of hydrogen-bond acceptors (Lipinski definition) is 4. The molecule has 0 radical (unpaired) electrons. The Hall–Kier alpha value is -1.62. The number of nitrogens with zero attached hydrogens (tertiary/aromatic N) is 1. The molecular formula is C14H23N3O2. The Morgan fingerprint density at radius 1 is 1.47 bits per heavy atom. The van der Waals surface area contributed by atoms with Gasteiger partial charge in [0.15, 0.2) is 0 Å². The summed E-state index contributed by atoms with van der Waals surface area (Å²) >= 11 is 0. The molecule has 1 atom stereocenters. The van der Waals surface area contributed by atoms with Crippen LogP contribution in [-0.2, 0) is 4.74 Å². The Bertz CT molecular complexity index is 427. The molecule has 1 aromatic rings. The maximum Gasteiger partial charge on any atom is 0.407 e. The van der Waals surface area contributed by atoms with E-state index >= 15 is 0 Å². The van der Waals surface area contributed by atoms with Gasteiger partial charge in [0.25, 0.3) is 0 Å². The van der Waals surface area contributed by atoms with E-state index < -0.39 is 11.7 Å². The van der Waals surface area contributed by atoms with E-state index in [-0.39, 0.29) is 5.92 Å². The van der Waals surface area contributed by atoms with Crippen LogP contribution in [0, 0.1) is 6.92 Å². The molecule has 1 rings (SSSR count). The summed E-state index contributed by atoms with van der Waals surface area (Å²) < 4.78 is 5.19. The number of hydrogen-bond donors (Lipinski definition) is 2. The van der Waals surface area contributed by atoms with Gasteiger partial charge in [-0.2, -0.15) is 0 Å². The molecule has 1 aromatic heterocycles. The summed E-state index contributed by atoms with van der Waals surface area (Å²) in [6.45, 7) is 8.36. The normalized spacial score (nSPS) is 12.9.